The molecule has 0 spiro atoms. The normalized spacial score (nSPS) is 12.9. The molecule has 0 aromatic heterocycles. The molecule has 0 aliphatic rings. The molecule has 416 valence electrons. The molecule has 0 aliphatic heterocycles. The Morgan fingerprint density at radius 2 is 0.704 bits per heavy atom. The Hall–Kier alpha value is -2.18. The number of unbranched alkanes of at least 4 members (excludes halogenated alkanes) is 42. The van der Waals surface area contributed by atoms with Crippen molar-refractivity contribution in [1.82, 2.24) is 5.32 Å². The van der Waals surface area contributed by atoms with Crippen LogP contribution >= 0.6 is 0 Å². The fourth-order valence-corrected chi connectivity index (χ4v) is 9.50. The van der Waals surface area contributed by atoms with Crippen LogP contribution < -0.4 is 5.32 Å². The minimum absolute atomic E-state index is 0.0301. The zero-order chi connectivity index (χ0) is 51.4. The number of rotatable bonds is 58. The first-order chi connectivity index (χ1) is 35.0. The lowest BCUT2D eigenvalue weighted by molar-refractivity contribution is -0.143. The summed E-state index contributed by atoms with van der Waals surface area (Å²) < 4.78 is 5.45. The molecule has 0 aliphatic carbocycles. The topological polar surface area (TPSA) is 95.9 Å². The molecule has 71 heavy (non-hydrogen) atoms. The van der Waals surface area contributed by atoms with Gasteiger partial charge in [0.05, 0.1) is 25.4 Å². The number of aliphatic hydroxyl groups is 2. The molecule has 3 N–H and O–H groups in total. The molecule has 6 heteroatoms. The highest BCUT2D eigenvalue weighted by atomic mass is 16.5. The third kappa shape index (κ3) is 57.0. The minimum Gasteiger partial charge on any atom is -0.466 e. The van der Waals surface area contributed by atoms with E-state index in [4.69, 9.17) is 4.74 Å². The van der Waals surface area contributed by atoms with Gasteiger partial charge in [-0.25, -0.2) is 0 Å². The van der Waals surface area contributed by atoms with E-state index in [-0.39, 0.29) is 18.5 Å². The monoisotopic (exact) mass is 996 g/mol. The Morgan fingerprint density at radius 3 is 1.08 bits per heavy atom. The summed E-state index contributed by atoms with van der Waals surface area (Å²) >= 11 is 0. The predicted octanol–water partition coefficient (Wildman–Crippen LogP) is 19.7. The van der Waals surface area contributed by atoms with E-state index in [1.165, 1.54) is 225 Å². The Balaban J connectivity index is 3.54. The first-order valence-electron chi connectivity index (χ1n) is 31.4. The lowest BCUT2D eigenvalue weighted by atomic mass is 10.0. The van der Waals surface area contributed by atoms with Crippen LogP contribution in [0.25, 0.3) is 0 Å². The third-order valence-electron chi connectivity index (χ3n) is 14.3. The van der Waals surface area contributed by atoms with Crippen LogP contribution in [0.3, 0.4) is 0 Å². The minimum atomic E-state index is -0.861. The Kier molecular flexibility index (Phi) is 58.5. The first-order valence-corrected chi connectivity index (χ1v) is 31.4. The molecule has 0 heterocycles. The summed E-state index contributed by atoms with van der Waals surface area (Å²) in [5, 5.41) is 23.2. The summed E-state index contributed by atoms with van der Waals surface area (Å²) in [5.41, 5.74) is 0. The molecule has 0 aromatic rings. The number of aliphatic hydroxyl groups excluding tert-OH is 2. The zero-order valence-electron chi connectivity index (χ0n) is 47.5. The molecule has 2 unspecified atom stereocenters. The van der Waals surface area contributed by atoms with Crippen molar-refractivity contribution < 1.29 is 24.5 Å². The van der Waals surface area contributed by atoms with Gasteiger partial charge in [0.2, 0.25) is 5.91 Å². The van der Waals surface area contributed by atoms with Crippen molar-refractivity contribution in [2.24, 2.45) is 0 Å². The highest BCUT2D eigenvalue weighted by Crippen LogP contribution is 2.17. The van der Waals surface area contributed by atoms with Crippen LogP contribution in [0.5, 0.6) is 0 Å². The van der Waals surface area contributed by atoms with Gasteiger partial charge in [-0.15, -0.1) is 0 Å². The number of hydrogen-bond donors (Lipinski definition) is 3. The number of carbonyl (C=O) groups is 2. The van der Waals surface area contributed by atoms with Crippen LogP contribution in [0.2, 0.25) is 0 Å². The molecule has 1 amide bonds. The average Bonchev–Trinajstić information content (AvgIpc) is 3.37. The van der Waals surface area contributed by atoms with Gasteiger partial charge in [0.25, 0.3) is 0 Å². The Morgan fingerprint density at radius 1 is 0.394 bits per heavy atom. The molecular formula is C65H121NO5. The van der Waals surface area contributed by atoms with Crippen molar-refractivity contribution in [3.05, 3.63) is 48.6 Å². The second kappa shape index (κ2) is 60.4. The van der Waals surface area contributed by atoms with Gasteiger partial charge >= 0.3 is 5.97 Å². The molecule has 6 nitrogen and oxygen atoms in total. The number of esters is 1. The van der Waals surface area contributed by atoms with Gasteiger partial charge in [0.1, 0.15) is 0 Å². The zero-order valence-corrected chi connectivity index (χ0v) is 47.5. The number of ether oxygens (including phenoxy) is 1. The fraction of sp³-hybridized carbons (Fsp3) is 0.846. The predicted molar refractivity (Wildman–Crippen MR) is 310 cm³/mol. The summed E-state index contributed by atoms with van der Waals surface area (Å²) in [4.78, 5) is 24.6. The quantitative estimate of drug-likeness (QED) is 0.0244. The molecule has 0 fully saturated rings. The highest BCUT2D eigenvalue weighted by Gasteiger charge is 2.18. The second-order valence-corrected chi connectivity index (χ2v) is 21.4. The van der Waals surface area contributed by atoms with E-state index in [1.54, 1.807) is 6.08 Å². The van der Waals surface area contributed by atoms with E-state index in [0.717, 1.165) is 77.0 Å². The smallest absolute Gasteiger partial charge is 0.305 e. The number of carbonyl (C=O) groups excluding carboxylic acids is 2. The Bertz CT molecular complexity index is 1190. The number of allylic oxidation sites excluding steroid dienone is 7. The molecule has 0 saturated heterocycles. The maximum absolute atomic E-state index is 12.5. The van der Waals surface area contributed by atoms with Crippen LogP contribution in [0, 0.1) is 0 Å². The fourth-order valence-electron chi connectivity index (χ4n) is 9.50. The molecule has 0 bridgehead atoms. The van der Waals surface area contributed by atoms with Crippen molar-refractivity contribution in [2.45, 2.75) is 341 Å². The van der Waals surface area contributed by atoms with Gasteiger partial charge in [0, 0.05) is 12.8 Å². The maximum atomic E-state index is 12.5. The van der Waals surface area contributed by atoms with Crippen molar-refractivity contribution >= 4 is 11.9 Å². The molecule has 0 rings (SSSR count). The van der Waals surface area contributed by atoms with Crippen molar-refractivity contribution in [3.63, 3.8) is 0 Å². The molecule has 0 saturated carbocycles. The molecule has 0 radical (unpaired) electrons. The van der Waals surface area contributed by atoms with E-state index in [2.05, 4.69) is 55.6 Å². The van der Waals surface area contributed by atoms with Crippen molar-refractivity contribution in [1.29, 1.82) is 0 Å². The van der Waals surface area contributed by atoms with Crippen LogP contribution in [0.1, 0.15) is 328 Å². The average molecular weight is 997 g/mol. The summed E-state index contributed by atoms with van der Waals surface area (Å²) in [6.45, 7) is 4.86. The molecular weight excluding hydrogens is 875 g/mol. The molecule has 0 aromatic carbocycles. The van der Waals surface area contributed by atoms with Crippen LogP contribution in [0.15, 0.2) is 48.6 Å². The Labute approximate surface area is 442 Å². The van der Waals surface area contributed by atoms with Gasteiger partial charge in [-0.05, 0) is 89.9 Å². The van der Waals surface area contributed by atoms with E-state index in [9.17, 15) is 19.8 Å². The summed E-state index contributed by atoms with van der Waals surface area (Å²) in [6, 6.07) is -0.647. The first kappa shape index (κ1) is 68.8. The number of amides is 1. The van der Waals surface area contributed by atoms with E-state index < -0.39 is 12.1 Å². The highest BCUT2D eigenvalue weighted by molar-refractivity contribution is 5.76. The summed E-state index contributed by atoms with van der Waals surface area (Å²) in [7, 11) is 0. The summed E-state index contributed by atoms with van der Waals surface area (Å²) in [6.07, 6.45) is 77.2. The third-order valence-corrected chi connectivity index (χ3v) is 14.3. The van der Waals surface area contributed by atoms with Gasteiger partial charge < -0.3 is 20.3 Å². The maximum Gasteiger partial charge on any atom is 0.305 e. The van der Waals surface area contributed by atoms with Crippen LogP contribution in [0.4, 0.5) is 0 Å². The van der Waals surface area contributed by atoms with Gasteiger partial charge in [-0.1, -0.05) is 274 Å². The van der Waals surface area contributed by atoms with Crippen LogP contribution in [-0.4, -0.2) is 47.4 Å². The van der Waals surface area contributed by atoms with Crippen molar-refractivity contribution in [2.75, 3.05) is 13.2 Å². The van der Waals surface area contributed by atoms with E-state index in [0.29, 0.717) is 19.4 Å². The van der Waals surface area contributed by atoms with Crippen LogP contribution in [-0.2, 0) is 14.3 Å². The van der Waals surface area contributed by atoms with Crippen molar-refractivity contribution in [3.8, 4) is 0 Å². The largest absolute Gasteiger partial charge is 0.466 e. The lowest BCUT2D eigenvalue weighted by Crippen LogP contribution is -2.45. The SMILES string of the molecule is CCCCCCCCC/C=C\CCCCCCCC(=O)OCCCCC/C=C\C=C/CCCCCCCCC(=O)NC(CO)C(O)/C=C/CCCCCCCCCCCCCCCCCCCCCCC. The van der Waals surface area contributed by atoms with Gasteiger partial charge in [-0.3, -0.25) is 9.59 Å². The number of hydrogen-bond acceptors (Lipinski definition) is 5. The molecule has 2 atom stereocenters. The van der Waals surface area contributed by atoms with Gasteiger partial charge in [-0.2, -0.15) is 0 Å². The lowest BCUT2D eigenvalue weighted by Gasteiger charge is -2.20. The number of nitrogens with one attached hydrogen (secondary N) is 1. The second-order valence-electron chi connectivity index (χ2n) is 21.4. The summed E-state index contributed by atoms with van der Waals surface area (Å²) in [5.74, 6) is -0.119. The van der Waals surface area contributed by atoms with Gasteiger partial charge in [0.15, 0.2) is 0 Å². The van der Waals surface area contributed by atoms with E-state index in [1.807, 2.05) is 6.08 Å². The standard InChI is InChI=1S/C65H121NO5/c1-3-5-7-9-11-13-15-17-19-21-22-23-24-25-26-27-29-33-37-41-45-49-53-57-63(68)62(61-67)66-64(69)58-54-50-46-42-38-34-30-28-32-36-40-44-48-52-56-60-71-65(70)59-55-51-47-43-39-35-31-20-18-16-14-12-10-8-6-4-2/h20,28,31-32,36,40,53,57,62-63,67-68H,3-19,21-27,29-30,33-35,37-39,41-52,54-56,58-61H2,1-2H3,(H,66,69)/b31-20-,32-28-,40-36-,57-53+. The van der Waals surface area contributed by atoms with E-state index >= 15 is 0 Å².